The largest absolute Gasteiger partial charge is 0.493 e. The molecule has 0 aliphatic rings. The summed E-state index contributed by atoms with van der Waals surface area (Å²) in [5, 5.41) is 3.07. The van der Waals surface area contributed by atoms with E-state index in [-0.39, 0.29) is 5.91 Å². The van der Waals surface area contributed by atoms with Crippen molar-refractivity contribution < 1.29 is 19.0 Å². The summed E-state index contributed by atoms with van der Waals surface area (Å²) >= 11 is 0. The van der Waals surface area contributed by atoms with Crippen molar-refractivity contribution in [3.05, 3.63) is 60.4 Å². The van der Waals surface area contributed by atoms with Gasteiger partial charge in [0.15, 0.2) is 11.5 Å². The van der Waals surface area contributed by atoms with E-state index in [0.717, 1.165) is 5.69 Å². The molecule has 0 radical (unpaired) electrons. The molecule has 2 aromatic carbocycles. The van der Waals surface area contributed by atoms with Crippen molar-refractivity contribution >= 4 is 23.2 Å². The minimum atomic E-state index is -0.199. The topological polar surface area (TPSA) is 85.8 Å². The molecular weight excluding hydrogens is 372 g/mol. The molecule has 150 valence electrons. The summed E-state index contributed by atoms with van der Waals surface area (Å²) in [6, 6.07) is 12.9. The van der Waals surface area contributed by atoms with E-state index in [1.54, 1.807) is 45.4 Å². The van der Waals surface area contributed by atoms with Gasteiger partial charge in [0.1, 0.15) is 0 Å². The molecular formula is C21H22N4O4. The van der Waals surface area contributed by atoms with Crippen LogP contribution in [-0.4, -0.2) is 44.3 Å². The Morgan fingerprint density at radius 1 is 0.931 bits per heavy atom. The van der Waals surface area contributed by atoms with Crippen LogP contribution < -0.4 is 24.4 Å². The highest BCUT2D eigenvalue weighted by atomic mass is 16.5. The second kappa shape index (κ2) is 8.92. The Morgan fingerprint density at radius 3 is 2.03 bits per heavy atom. The van der Waals surface area contributed by atoms with Gasteiger partial charge in [0.25, 0.3) is 5.91 Å². The zero-order valence-electron chi connectivity index (χ0n) is 16.7. The zero-order valence-corrected chi connectivity index (χ0v) is 16.7. The first-order chi connectivity index (χ1) is 14.1. The number of rotatable bonds is 7. The van der Waals surface area contributed by atoms with Gasteiger partial charge in [0.2, 0.25) is 11.7 Å². The van der Waals surface area contributed by atoms with Crippen LogP contribution in [0.2, 0.25) is 0 Å². The first kappa shape index (κ1) is 19.9. The van der Waals surface area contributed by atoms with Crippen molar-refractivity contribution in [1.29, 1.82) is 0 Å². The third kappa shape index (κ3) is 4.37. The lowest BCUT2D eigenvalue weighted by Crippen LogP contribution is -2.26. The lowest BCUT2D eigenvalue weighted by atomic mass is 10.2. The highest BCUT2D eigenvalue weighted by Crippen LogP contribution is 2.40. The van der Waals surface area contributed by atoms with E-state index in [2.05, 4.69) is 15.3 Å². The van der Waals surface area contributed by atoms with E-state index >= 15 is 0 Å². The standard InChI is InChI=1S/C21H22N4O4/c1-25(16-8-6-5-7-9-16)20(26)14-12-22-21(23-13-14)24-15-10-17(27-2)19(29-4)18(11-15)28-3/h5-13H,1-4H3,(H,22,23,24). The SMILES string of the molecule is COc1cc(Nc2ncc(C(=O)N(C)c3ccccc3)cn2)cc(OC)c1OC. The lowest BCUT2D eigenvalue weighted by molar-refractivity contribution is 0.0992. The van der Waals surface area contributed by atoms with Crippen molar-refractivity contribution in [2.75, 3.05) is 38.6 Å². The Hall–Kier alpha value is -3.81. The van der Waals surface area contributed by atoms with Crippen molar-refractivity contribution in [3.8, 4) is 17.2 Å². The Balaban J connectivity index is 1.78. The van der Waals surface area contributed by atoms with E-state index in [0.29, 0.717) is 34.4 Å². The number of anilines is 3. The van der Waals surface area contributed by atoms with Gasteiger partial charge >= 0.3 is 0 Å². The quantitative estimate of drug-likeness (QED) is 0.656. The summed E-state index contributed by atoms with van der Waals surface area (Å²) in [4.78, 5) is 22.7. The number of nitrogens with one attached hydrogen (secondary N) is 1. The zero-order chi connectivity index (χ0) is 20.8. The van der Waals surface area contributed by atoms with Gasteiger partial charge in [-0.1, -0.05) is 18.2 Å². The molecule has 0 saturated carbocycles. The third-order valence-corrected chi connectivity index (χ3v) is 4.27. The highest BCUT2D eigenvalue weighted by Gasteiger charge is 2.16. The second-order valence-electron chi connectivity index (χ2n) is 6.03. The molecule has 0 aliphatic carbocycles. The van der Waals surface area contributed by atoms with Crippen LogP contribution in [-0.2, 0) is 0 Å². The summed E-state index contributed by atoms with van der Waals surface area (Å²) in [6.07, 6.45) is 2.96. The van der Waals surface area contributed by atoms with Crippen molar-refractivity contribution in [2.45, 2.75) is 0 Å². The smallest absolute Gasteiger partial charge is 0.261 e. The van der Waals surface area contributed by atoms with Gasteiger partial charge in [-0.15, -0.1) is 0 Å². The fourth-order valence-corrected chi connectivity index (χ4v) is 2.75. The molecule has 8 nitrogen and oxygen atoms in total. The Bertz CT molecular complexity index is 953. The second-order valence-corrected chi connectivity index (χ2v) is 6.03. The summed E-state index contributed by atoms with van der Waals surface area (Å²) in [7, 11) is 6.33. The number of carbonyl (C=O) groups excluding carboxylic acids is 1. The first-order valence-corrected chi connectivity index (χ1v) is 8.79. The Kier molecular flexibility index (Phi) is 6.13. The van der Waals surface area contributed by atoms with E-state index in [9.17, 15) is 4.79 Å². The van der Waals surface area contributed by atoms with Crippen LogP contribution in [0.1, 0.15) is 10.4 Å². The number of hydrogen-bond acceptors (Lipinski definition) is 7. The fourth-order valence-electron chi connectivity index (χ4n) is 2.75. The third-order valence-electron chi connectivity index (χ3n) is 4.27. The molecule has 1 aromatic heterocycles. The number of para-hydroxylation sites is 1. The number of hydrogen-bond donors (Lipinski definition) is 1. The Morgan fingerprint density at radius 2 is 1.52 bits per heavy atom. The molecule has 0 fully saturated rings. The van der Waals surface area contributed by atoms with Gasteiger partial charge in [-0.3, -0.25) is 4.79 Å². The van der Waals surface area contributed by atoms with Crippen LogP contribution in [0.3, 0.4) is 0 Å². The van der Waals surface area contributed by atoms with Crippen LogP contribution in [0.5, 0.6) is 17.2 Å². The normalized spacial score (nSPS) is 10.2. The molecule has 1 heterocycles. The van der Waals surface area contributed by atoms with Crippen LogP contribution in [0.25, 0.3) is 0 Å². The minimum Gasteiger partial charge on any atom is -0.493 e. The first-order valence-electron chi connectivity index (χ1n) is 8.79. The molecule has 1 N–H and O–H groups in total. The molecule has 0 spiro atoms. The van der Waals surface area contributed by atoms with Crippen LogP contribution in [0.4, 0.5) is 17.3 Å². The van der Waals surface area contributed by atoms with Gasteiger partial charge in [0, 0.05) is 42.9 Å². The lowest BCUT2D eigenvalue weighted by Gasteiger charge is -2.17. The van der Waals surface area contributed by atoms with Gasteiger partial charge in [-0.2, -0.15) is 0 Å². The molecule has 3 rings (SSSR count). The van der Waals surface area contributed by atoms with E-state index in [1.807, 2.05) is 30.3 Å². The molecule has 0 aliphatic heterocycles. The van der Waals surface area contributed by atoms with Crippen LogP contribution in [0, 0.1) is 0 Å². The maximum atomic E-state index is 12.6. The highest BCUT2D eigenvalue weighted by molar-refractivity contribution is 6.05. The summed E-state index contributed by atoms with van der Waals surface area (Å²) in [5.41, 5.74) is 1.82. The summed E-state index contributed by atoms with van der Waals surface area (Å²) < 4.78 is 16.0. The molecule has 8 heteroatoms. The summed E-state index contributed by atoms with van der Waals surface area (Å²) in [6.45, 7) is 0. The monoisotopic (exact) mass is 394 g/mol. The van der Waals surface area contributed by atoms with Gasteiger partial charge in [-0.05, 0) is 12.1 Å². The van der Waals surface area contributed by atoms with Crippen molar-refractivity contribution in [2.24, 2.45) is 0 Å². The average molecular weight is 394 g/mol. The number of aromatic nitrogens is 2. The van der Waals surface area contributed by atoms with Gasteiger partial charge in [-0.25, -0.2) is 9.97 Å². The maximum Gasteiger partial charge on any atom is 0.261 e. The Labute approximate surface area is 169 Å². The van der Waals surface area contributed by atoms with Crippen molar-refractivity contribution in [1.82, 2.24) is 9.97 Å². The molecule has 3 aromatic rings. The molecule has 29 heavy (non-hydrogen) atoms. The fraction of sp³-hybridized carbons (Fsp3) is 0.190. The number of methoxy groups -OCH3 is 3. The van der Waals surface area contributed by atoms with E-state index in [4.69, 9.17) is 14.2 Å². The van der Waals surface area contributed by atoms with Crippen molar-refractivity contribution in [3.63, 3.8) is 0 Å². The summed E-state index contributed by atoms with van der Waals surface area (Å²) in [5.74, 6) is 1.64. The minimum absolute atomic E-state index is 0.199. The predicted octanol–water partition coefficient (Wildman–Crippen LogP) is 3.52. The number of nitrogens with zero attached hydrogens (tertiary/aromatic N) is 3. The van der Waals surface area contributed by atoms with Crippen LogP contribution >= 0.6 is 0 Å². The number of benzene rings is 2. The molecule has 0 saturated heterocycles. The van der Waals surface area contributed by atoms with E-state index < -0.39 is 0 Å². The average Bonchev–Trinajstić information content (AvgIpc) is 2.78. The van der Waals surface area contributed by atoms with Gasteiger partial charge < -0.3 is 24.4 Å². The maximum absolute atomic E-state index is 12.6. The molecule has 0 unspecified atom stereocenters. The molecule has 1 amide bonds. The number of amides is 1. The van der Waals surface area contributed by atoms with E-state index in [1.165, 1.54) is 12.4 Å². The number of ether oxygens (including phenoxy) is 3. The molecule has 0 atom stereocenters. The van der Waals surface area contributed by atoms with Gasteiger partial charge in [0.05, 0.1) is 26.9 Å². The molecule has 0 bridgehead atoms. The predicted molar refractivity (Wildman–Crippen MR) is 111 cm³/mol. The van der Waals surface area contributed by atoms with Crippen LogP contribution in [0.15, 0.2) is 54.9 Å². The number of carbonyl (C=O) groups is 1.